The summed E-state index contributed by atoms with van der Waals surface area (Å²) >= 11 is 12.0. The summed E-state index contributed by atoms with van der Waals surface area (Å²) in [5.41, 5.74) is 3.92. The van der Waals surface area contributed by atoms with Gasteiger partial charge in [0.1, 0.15) is 5.15 Å². The largest absolute Gasteiger partial charge is 0.339 e. The van der Waals surface area contributed by atoms with E-state index in [4.69, 9.17) is 28.5 Å². The summed E-state index contributed by atoms with van der Waals surface area (Å²) in [7, 11) is 0. The van der Waals surface area contributed by atoms with Gasteiger partial charge < -0.3 is 10.2 Å². The van der Waals surface area contributed by atoms with Crippen molar-refractivity contribution in [3.05, 3.63) is 92.7 Å². The molecule has 0 saturated carbocycles. The summed E-state index contributed by atoms with van der Waals surface area (Å²) in [6.07, 6.45) is 3.04. The summed E-state index contributed by atoms with van der Waals surface area (Å²) in [5.74, 6) is -0.134. The molecule has 3 aromatic rings. The summed E-state index contributed by atoms with van der Waals surface area (Å²) in [6.45, 7) is 3.14. The van der Waals surface area contributed by atoms with E-state index < -0.39 is 5.91 Å². The van der Waals surface area contributed by atoms with Gasteiger partial charge in [-0.25, -0.2) is 4.98 Å². The van der Waals surface area contributed by atoms with Crippen molar-refractivity contribution in [2.45, 2.75) is 25.7 Å². The normalized spacial score (nSPS) is 13.9. The van der Waals surface area contributed by atoms with Crippen LogP contribution in [0.3, 0.4) is 0 Å². The fraction of sp³-hybridized carbons (Fsp3) is 0.231. The lowest BCUT2D eigenvalue weighted by molar-refractivity contribution is 0.0712. The molecule has 1 N–H and O–H groups in total. The van der Waals surface area contributed by atoms with Crippen molar-refractivity contribution in [3.8, 4) is 6.07 Å². The van der Waals surface area contributed by atoms with Crippen molar-refractivity contribution < 1.29 is 9.59 Å². The molecule has 0 spiro atoms. The van der Waals surface area contributed by atoms with Crippen LogP contribution in [0.4, 0.5) is 5.69 Å². The molecule has 1 saturated heterocycles. The van der Waals surface area contributed by atoms with Gasteiger partial charge in [0.2, 0.25) is 0 Å². The van der Waals surface area contributed by atoms with Crippen LogP contribution in [-0.2, 0) is 0 Å². The second-order valence-corrected chi connectivity index (χ2v) is 9.07. The SMILES string of the molecule is Cc1ccc(C(=O)N2CCC(c3ccc(C#N)cc3)CC2)cc1NC(=O)c1cc(Cl)ncc1Cl. The molecular weight excluding hydrogens is 471 g/mol. The molecule has 2 amide bonds. The predicted octanol–water partition coefficient (Wildman–Crippen LogP) is 5.84. The molecule has 1 aliphatic rings. The van der Waals surface area contributed by atoms with Gasteiger partial charge in [0.15, 0.2) is 0 Å². The minimum Gasteiger partial charge on any atom is -0.339 e. The minimum absolute atomic E-state index is 0.0706. The Morgan fingerprint density at radius 1 is 1.09 bits per heavy atom. The molecule has 6 nitrogen and oxygen atoms in total. The van der Waals surface area contributed by atoms with E-state index in [1.165, 1.54) is 17.8 Å². The monoisotopic (exact) mass is 492 g/mol. The van der Waals surface area contributed by atoms with Gasteiger partial charge in [-0.2, -0.15) is 5.26 Å². The quantitative estimate of drug-likeness (QED) is 0.463. The van der Waals surface area contributed by atoms with Crippen LogP contribution < -0.4 is 5.32 Å². The fourth-order valence-electron chi connectivity index (χ4n) is 4.09. The van der Waals surface area contributed by atoms with E-state index in [-0.39, 0.29) is 21.6 Å². The Balaban J connectivity index is 1.44. The zero-order chi connectivity index (χ0) is 24.2. The minimum atomic E-state index is -0.426. The van der Waals surface area contributed by atoms with Crippen LogP contribution in [0.25, 0.3) is 0 Å². The Kier molecular flexibility index (Phi) is 7.16. The number of aryl methyl sites for hydroxylation is 1. The smallest absolute Gasteiger partial charge is 0.257 e. The Morgan fingerprint density at radius 2 is 1.79 bits per heavy atom. The van der Waals surface area contributed by atoms with Crippen LogP contribution in [-0.4, -0.2) is 34.8 Å². The van der Waals surface area contributed by atoms with Gasteiger partial charge in [0.25, 0.3) is 11.8 Å². The molecule has 172 valence electrons. The molecule has 1 fully saturated rings. The van der Waals surface area contributed by atoms with Crippen molar-refractivity contribution in [2.24, 2.45) is 0 Å². The molecule has 0 aliphatic carbocycles. The second-order valence-electron chi connectivity index (χ2n) is 8.27. The summed E-state index contributed by atoms with van der Waals surface area (Å²) < 4.78 is 0. The second kappa shape index (κ2) is 10.3. The van der Waals surface area contributed by atoms with E-state index in [0.29, 0.717) is 35.8 Å². The van der Waals surface area contributed by atoms with E-state index in [2.05, 4.69) is 16.4 Å². The van der Waals surface area contributed by atoms with E-state index >= 15 is 0 Å². The number of benzene rings is 2. The Morgan fingerprint density at radius 3 is 2.47 bits per heavy atom. The van der Waals surface area contributed by atoms with Crippen LogP contribution in [0.5, 0.6) is 0 Å². The van der Waals surface area contributed by atoms with Gasteiger partial charge in [-0.1, -0.05) is 41.4 Å². The van der Waals surface area contributed by atoms with Crippen molar-refractivity contribution in [3.63, 3.8) is 0 Å². The molecule has 1 aliphatic heterocycles. The Bertz CT molecular complexity index is 1280. The van der Waals surface area contributed by atoms with Crippen LogP contribution >= 0.6 is 23.2 Å². The maximum Gasteiger partial charge on any atom is 0.257 e. The van der Waals surface area contributed by atoms with Gasteiger partial charge in [0, 0.05) is 30.5 Å². The van der Waals surface area contributed by atoms with Crippen LogP contribution in [0.15, 0.2) is 54.7 Å². The van der Waals surface area contributed by atoms with Crippen molar-refractivity contribution >= 4 is 40.7 Å². The molecule has 1 aromatic heterocycles. The van der Waals surface area contributed by atoms with E-state index in [1.54, 1.807) is 12.1 Å². The first-order valence-electron chi connectivity index (χ1n) is 10.9. The zero-order valence-corrected chi connectivity index (χ0v) is 20.0. The van der Waals surface area contributed by atoms with Gasteiger partial charge in [0.05, 0.1) is 22.2 Å². The fourth-order valence-corrected chi connectivity index (χ4v) is 4.44. The molecule has 34 heavy (non-hydrogen) atoms. The number of carbonyl (C=O) groups excluding carboxylic acids is 2. The number of nitrogens with one attached hydrogen (secondary N) is 1. The summed E-state index contributed by atoms with van der Waals surface area (Å²) in [6, 6.07) is 16.5. The highest BCUT2D eigenvalue weighted by atomic mass is 35.5. The Labute approximate surface area is 208 Å². The third kappa shape index (κ3) is 5.22. The number of likely N-dealkylation sites (tertiary alicyclic amines) is 1. The molecule has 0 atom stereocenters. The van der Waals surface area contributed by atoms with E-state index in [1.807, 2.05) is 42.2 Å². The average Bonchev–Trinajstić information content (AvgIpc) is 2.86. The molecule has 2 aromatic carbocycles. The average molecular weight is 493 g/mol. The number of pyridine rings is 1. The number of piperidine rings is 1. The topological polar surface area (TPSA) is 86.1 Å². The van der Waals surface area contributed by atoms with Crippen LogP contribution in [0, 0.1) is 18.3 Å². The number of halogens is 2. The van der Waals surface area contributed by atoms with Gasteiger partial charge in [-0.15, -0.1) is 0 Å². The first-order chi connectivity index (χ1) is 16.4. The van der Waals surface area contributed by atoms with Crippen LogP contribution in [0.2, 0.25) is 10.2 Å². The van der Waals surface area contributed by atoms with Gasteiger partial charge in [-0.05, 0) is 67.1 Å². The Hall–Kier alpha value is -3.40. The molecular formula is C26H22Cl2N4O2. The first-order valence-corrected chi connectivity index (χ1v) is 11.6. The predicted molar refractivity (Wildman–Crippen MR) is 132 cm³/mol. The number of nitriles is 1. The van der Waals surface area contributed by atoms with Gasteiger partial charge in [-0.3, -0.25) is 9.59 Å². The number of aromatic nitrogens is 1. The van der Waals surface area contributed by atoms with Crippen molar-refractivity contribution in [1.29, 1.82) is 5.26 Å². The van der Waals surface area contributed by atoms with Gasteiger partial charge >= 0.3 is 0 Å². The molecule has 2 heterocycles. The number of anilines is 1. The highest BCUT2D eigenvalue weighted by Gasteiger charge is 2.25. The van der Waals surface area contributed by atoms with Crippen LogP contribution in [0.1, 0.15) is 56.2 Å². The van der Waals surface area contributed by atoms with Crippen molar-refractivity contribution in [1.82, 2.24) is 9.88 Å². The lowest BCUT2D eigenvalue weighted by Gasteiger charge is -2.32. The summed E-state index contributed by atoms with van der Waals surface area (Å²) in [4.78, 5) is 31.6. The molecule has 8 heteroatoms. The zero-order valence-electron chi connectivity index (χ0n) is 18.5. The first kappa shape index (κ1) is 23.7. The third-order valence-electron chi connectivity index (χ3n) is 6.09. The maximum absolute atomic E-state index is 13.2. The number of hydrogen-bond acceptors (Lipinski definition) is 4. The third-order valence-corrected chi connectivity index (χ3v) is 6.60. The summed E-state index contributed by atoms with van der Waals surface area (Å²) in [5, 5.41) is 12.2. The highest BCUT2D eigenvalue weighted by molar-refractivity contribution is 6.35. The standard InChI is InChI=1S/C26H22Cl2N4O2/c1-16-2-5-20(12-23(16)31-25(33)21-13-24(28)30-15-22(21)27)26(34)32-10-8-19(9-11-32)18-6-3-17(14-29)4-7-18/h2-7,12-13,15,19H,8-11H2,1H3,(H,31,33). The molecule has 0 unspecified atom stereocenters. The lowest BCUT2D eigenvalue weighted by atomic mass is 9.89. The molecule has 4 rings (SSSR count). The van der Waals surface area contributed by atoms with Crippen molar-refractivity contribution in [2.75, 3.05) is 18.4 Å². The van der Waals surface area contributed by atoms with E-state index in [9.17, 15) is 9.59 Å². The maximum atomic E-state index is 13.2. The molecule has 0 radical (unpaired) electrons. The number of rotatable bonds is 4. The number of nitrogens with zero attached hydrogens (tertiary/aromatic N) is 3. The number of amides is 2. The molecule has 0 bridgehead atoms. The van der Waals surface area contributed by atoms with E-state index in [0.717, 1.165) is 18.4 Å². The lowest BCUT2D eigenvalue weighted by Crippen LogP contribution is -2.38. The number of carbonyl (C=O) groups is 2. The highest BCUT2D eigenvalue weighted by Crippen LogP contribution is 2.29. The number of hydrogen-bond donors (Lipinski definition) is 1.